The van der Waals surface area contributed by atoms with E-state index in [9.17, 15) is 9.50 Å². The van der Waals surface area contributed by atoms with Gasteiger partial charge >= 0.3 is 0 Å². The summed E-state index contributed by atoms with van der Waals surface area (Å²) in [5, 5.41) is 12.8. The van der Waals surface area contributed by atoms with Crippen LogP contribution >= 0.6 is 8.58 Å². The minimum atomic E-state index is -0.249. The largest absolute Gasteiger partial charge is 0.507 e. The second-order valence-electron chi connectivity index (χ2n) is 10.7. The number of halogens is 1. The van der Waals surface area contributed by atoms with Crippen LogP contribution in [-0.2, 0) is 18.0 Å². The summed E-state index contributed by atoms with van der Waals surface area (Å²) in [5.41, 5.74) is 6.56. The molecule has 0 aliphatic rings. The van der Waals surface area contributed by atoms with Gasteiger partial charge in [0, 0.05) is 36.9 Å². The van der Waals surface area contributed by atoms with Crippen LogP contribution in [0.5, 0.6) is 5.75 Å². The molecular formula is C35H41FNOP. The molecule has 39 heavy (non-hydrogen) atoms. The van der Waals surface area contributed by atoms with E-state index in [1.165, 1.54) is 16.7 Å². The van der Waals surface area contributed by atoms with Crippen LogP contribution in [0.25, 0.3) is 0 Å². The number of benzene rings is 4. The van der Waals surface area contributed by atoms with Gasteiger partial charge in [-0.15, -0.1) is 0 Å². The number of aromatic hydroxyl groups is 1. The first-order chi connectivity index (χ1) is 18.8. The van der Waals surface area contributed by atoms with E-state index in [0.29, 0.717) is 20.8 Å². The van der Waals surface area contributed by atoms with Crippen LogP contribution in [0.3, 0.4) is 0 Å². The third kappa shape index (κ3) is 7.08. The highest BCUT2D eigenvalue weighted by molar-refractivity contribution is 7.49. The molecule has 0 aliphatic carbocycles. The van der Waals surface area contributed by atoms with Crippen molar-refractivity contribution in [1.82, 2.24) is 0 Å². The highest BCUT2D eigenvalue weighted by atomic mass is 31.1. The maximum absolute atomic E-state index is 14.3. The topological polar surface area (TPSA) is 23.5 Å². The van der Waals surface area contributed by atoms with Crippen LogP contribution in [0.4, 0.5) is 10.1 Å². The Morgan fingerprint density at radius 1 is 0.795 bits per heavy atom. The van der Waals surface area contributed by atoms with Gasteiger partial charge in [0.2, 0.25) is 0 Å². The molecule has 0 amide bonds. The quantitative estimate of drug-likeness (QED) is 0.182. The fourth-order valence-electron chi connectivity index (χ4n) is 5.45. The number of hydrogen-bond acceptors (Lipinski definition) is 2. The molecule has 0 aromatic heterocycles. The first-order valence-electron chi connectivity index (χ1n) is 14.0. The summed E-state index contributed by atoms with van der Waals surface area (Å²) in [7, 11) is 4.34. The molecule has 4 aromatic carbocycles. The van der Waals surface area contributed by atoms with Crippen LogP contribution in [0, 0.1) is 5.82 Å². The number of anilines is 1. The molecule has 2 unspecified atom stereocenters. The van der Waals surface area contributed by atoms with Crippen LogP contribution in [0.1, 0.15) is 67.3 Å². The van der Waals surface area contributed by atoms with Gasteiger partial charge in [-0.05, 0) is 65.0 Å². The monoisotopic (exact) mass is 541 g/mol. The zero-order chi connectivity index (χ0) is 27.8. The predicted molar refractivity (Wildman–Crippen MR) is 167 cm³/mol. The van der Waals surface area contributed by atoms with Gasteiger partial charge in [-0.3, -0.25) is 0 Å². The van der Waals surface area contributed by atoms with Crippen molar-refractivity contribution < 1.29 is 9.50 Å². The standard InChI is InChI=1S/C35H41FNOP/c1-5-7-20-35(6-2,39-33-19-18-30(36)25-32(33)37(3)4)31-24-28(21-26-14-10-8-11-15-26)23-29(34(31)38)22-27-16-12-9-13-17-27/h8-19,23-25,38-39H,5-7,20-22H2,1-4H3. The second-order valence-corrected chi connectivity index (χ2v) is 12.4. The number of hydrogen-bond donors (Lipinski definition) is 1. The van der Waals surface area contributed by atoms with Gasteiger partial charge in [0.25, 0.3) is 0 Å². The molecule has 2 atom stereocenters. The Kier molecular flexibility index (Phi) is 9.81. The summed E-state index contributed by atoms with van der Waals surface area (Å²) >= 11 is 0. The normalized spacial score (nSPS) is 13.1. The molecule has 0 spiro atoms. The molecule has 4 heteroatoms. The molecule has 0 bridgehead atoms. The summed E-state index contributed by atoms with van der Waals surface area (Å²) in [6.45, 7) is 4.46. The van der Waals surface area contributed by atoms with Crippen molar-refractivity contribution in [2.75, 3.05) is 19.0 Å². The highest BCUT2D eigenvalue weighted by Gasteiger charge is 2.35. The molecule has 2 nitrogen and oxygen atoms in total. The molecule has 0 aliphatic heterocycles. The highest BCUT2D eigenvalue weighted by Crippen LogP contribution is 2.53. The molecule has 1 N–H and O–H groups in total. The van der Waals surface area contributed by atoms with Crippen molar-refractivity contribution in [2.45, 2.75) is 57.5 Å². The molecule has 4 rings (SSSR count). The van der Waals surface area contributed by atoms with Crippen molar-refractivity contribution in [3.63, 3.8) is 0 Å². The SMILES string of the molecule is CCCCC(CC)(Pc1ccc(F)cc1N(C)C)c1cc(Cc2ccccc2)cc(Cc2ccccc2)c1O. The summed E-state index contributed by atoms with van der Waals surface area (Å²) in [5.74, 6) is 0.190. The Labute approximate surface area is 235 Å². The average Bonchev–Trinajstić information content (AvgIpc) is 2.94. The summed E-state index contributed by atoms with van der Waals surface area (Å²) in [4.78, 5) is 2.00. The summed E-state index contributed by atoms with van der Waals surface area (Å²) in [6, 6.07) is 30.5. The third-order valence-corrected chi connectivity index (χ3v) is 9.67. The summed E-state index contributed by atoms with van der Waals surface area (Å²) < 4.78 is 14.3. The van der Waals surface area contributed by atoms with Crippen molar-refractivity contribution in [2.24, 2.45) is 0 Å². The van der Waals surface area contributed by atoms with E-state index in [2.05, 4.69) is 74.5 Å². The van der Waals surface area contributed by atoms with Crippen molar-refractivity contribution in [1.29, 1.82) is 0 Å². The molecule has 0 heterocycles. The van der Waals surface area contributed by atoms with Crippen molar-refractivity contribution in [3.05, 3.63) is 125 Å². The molecule has 0 saturated heterocycles. The van der Waals surface area contributed by atoms with Crippen LogP contribution in [0.2, 0.25) is 0 Å². The number of rotatable bonds is 12. The molecule has 0 saturated carbocycles. The lowest BCUT2D eigenvalue weighted by molar-refractivity contribution is 0.434. The maximum atomic E-state index is 14.3. The minimum Gasteiger partial charge on any atom is -0.507 e. The number of unbranched alkanes of at least 4 members (excludes halogenated alkanes) is 1. The lowest BCUT2D eigenvalue weighted by Gasteiger charge is -2.36. The van der Waals surface area contributed by atoms with Gasteiger partial charge in [-0.25, -0.2) is 4.39 Å². The zero-order valence-corrected chi connectivity index (χ0v) is 24.7. The van der Waals surface area contributed by atoms with Gasteiger partial charge in [-0.2, -0.15) is 0 Å². The number of nitrogens with zero attached hydrogens (tertiary/aromatic N) is 1. The molecule has 4 aromatic rings. The average molecular weight is 542 g/mol. The van der Waals surface area contributed by atoms with Gasteiger partial charge < -0.3 is 10.0 Å². The van der Waals surface area contributed by atoms with Gasteiger partial charge in [0.05, 0.1) is 0 Å². The minimum absolute atomic E-state index is 0.222. The Hall–Kier alpha value is -3.16. The van der Waals surface area contributed by atoms with Crippen LogP contribution in [-0.4, -0.2) is 19.2 Å². The lowest BCUT2D eigenvalue weighted by atomic mass is 9.85. The second kappa shape index (κ2) is 13.3. The lowest BCUT2D eigenvalue weighted by Crippen LogP contribution is -2.26. The first-order valence-corrected chi connectivity index (χ1v) is 15.0. The van der Waals surface area contributed by atoms with E-state index in [0.717, 1.165) is 54.2 Å². The first kappa shape index (κ1) is 28.8. The van der Waals surface area contributed by atoms with Gasteiger partial charge in [0.15, 0.2) is 0 Å². The molecule has 0 radical (unpaired) electrons. The van der Waals surface area contributed by atoms with E-state index in [-0.39, 0.29) is 11.0 Å². The van der Waals surface area contributed by atoms with Crippen LogP contribution in [0.15, 0.2) is 91.0 Å². The third-order valence-electron chi connectivity index (χ3n) is 7.63. The van der Waals surface area contributed by atoms with E-state index < -0.39 is 0 Å². The van der Waals surface area contributed by atoms with E-state index in [1.807, 2.05) is 37.2 Å². The van der Waals surface area contributed by atoms with Gasteiger partial charge in [0.1, 0.15) is 11.6 Å². The van der Waals surface area contributed by atoms with Gasteiger partial charge in [-0.1, -0.05) is 108 Å². The van der Waals surface area contributed by atoms with Crippen molar-refractivity contribution >= 4 is 19.6 Å². The van der Waals surface area contributed by atoms with E-state index in [4.69, 9.17) is 0 Å². The predicted octanol–water partition coefficient (Wildman–Crippen LogP) is 8.58. The number of phenolic OH excluding ortho intramolecular Hbond substituents is 1. The van der Waals surface area contributed by atoms with Crippen molar-refractivity contribution in [3.8, 4) is 5.75 Å². The van der Waals surface area contributed by atoms with Crippen LogP contribution < -0.4 is 10.2 Å². The Morgan fingerprint density at radius 3 is 2.03 bits per heavy atom. The Balaban J connectivity index is 1.88. The molecule has 0 fully saturated rings. The summed E-state index contributed by atoms with van der Waals surface area (Å²) in [6.07, 6.45) is 5.50. The Bertz CT molecular complexity index is 1360. The van der Waals surface area contributed by atoms with E-state index in [1.54, 1.807) is 12.1 Å². The fraction of sp³-hybridized carbons (Fsp3) is 0.314. The zero-order valence-electron chi connectivity index (χ0n) is 23.7. The Morgan fingerprint density at radius 2 is 1.44 bits per heavy atom. The number of phenols is 1. The fourth-order valence-corrected chi connectivity index (χ4v) is 7.36. The molecular weight excluding hydrogens is 500 g/mol. The maximum Gasteiger partial charge on any atom is 0.125 e. The van der Waals surface area contributed by atoms with E-state index >= 15 is 0 Å². The molecule has 204 valence electrons. The smallest absolute Gasteiger partial charge is 0.125 e.